The summed E-state index contributed by atoms with van der Waals surface area (Å²) >= 11 is 0. The van der Waals surface area contributed by atoms with Crippen molar-refractivity contribution in [1.29, 1.82) is 0 Å². The Bertz CT molecular complexity index is 783. The maximum absolute atomic E-state index is 12.2. The number of nitrogens with zero attached hydrogens (tertiary/aromatic N) is 4. The molecule has 0 radical (unpaired) electrons. The highest BCUT2D eigenvalue weighted by Gasteiger charge is 2.59. The van der Waals surface area contributed by atoms with Gasteiger partial charge in [0.25, 0.3) is 0 Å². The molecule has 24 heavy (non-hydrogen) atoms. The van der Waals surface area contributed by atoms with E-state index in [-0.39, 0.29) is 6.09 Å². The topological polar surface area (TPSA) is 69.0 Å². The molecule has 1 aliphatic heterocycles. The van der Waals surface area contributed by atoms with Gasteiger partial charge in [0, 0.05) is 19.0 Å². The van der Waals surface area contributed by atoms with Crippen LogP contribution >= 0.6 is 0 Å². The molecule has 4 rings (SSSR count). The summed E-state index contributed by atoms with van der Waals surface area (Å²) in [4.78, 5) is 14.0. The predicted octanol–water partition coefficient (Wildman–Crippen LogP) is 2.32. The van der Waals surface area contributed by atoms with Crippen LogP contribution in [0.15, 0.2) is 18.3 Å². The predicted molar refractivity (Wildman–Crippen MR) is 87.1 cm³/mol. The van der Waals surface area contributed by atoms with Gasteiger partial charge in [0.15, 0.2) is 5.65 Å². The number of rotatable bonds is 2. The molecule has 2 fully saturated rings. The monoisotopic (exact) mass is 330 g/mol. The minimum Gasteiger partial charge on any atom is -0.495 e. The van der Waals surface area contributed by atoms with Gasteiger partial charge in [-0.1, -0.05) is 0 Å². The van der Waals surface area contributed by atoms with Gasteiger partial charge in [0.2, 0.25) is 0 Å². The second-order valence-electron chi connectivity index (χ2n) is 7.59. The molecule has 7 heteroatoms. The van der Waals surface area contributed by atoms with Gasteiger partial charge < -0.3 is 14.4 Å². The van der Waals surface area contributed by atoms with Crippen molar-refractivity contribution in [2.24, 2.45) is 11.8 Å². The molecule has 1 saturated heterocycles. The Kier molecular flexibility index (Phi) is 3.23. The number of fused-ring (bicyclic) bond motifs is 2. The number of hydrogen-bond donors (Lipinski definition) is 0. The summed E-state index contributed by atoms with van der Waals surface area (Å²) in [6.07, 6.45) is 1.70. The van der Waals surface area contributed by atoms with Crippen LogP contribution in [0.3, 0.4) is 0 Å². The molecule has 0 N–H and O–H groups in total. The summed E-state index contributed by atoms with van der Waals surface area (Å²) in [6.45, 7) is 7.12. The zero-order chi connectivity index (χ0) is 17.1. The van der Waals surface area contributed by atoms with E-state index in [1.54, 1.807) is 12.0 Å². The first-order valence-electron chi connectivity index (χ1n) is 8.24. The third-order valence-corrected chi connectivity index (χ3v) is 4.78. The van der Waals surface area contributed by atoms with Crippen LogP contribution in [0.4, 0.5) is 4.79 Å². The second kappa shape index (κ2) is 5.09. The maximum atomic E-state index is 12.2. The molecule has 1 amide bonds. The number of piperidine rings is 1. The van der Waals surface area contributed by atoms with Crippen molar-refractivity contribution in [2.75, 3.05) is 20.2 Å². The van der Waals surface area contributed by atoms with Gasteiger partial charge in [-0.05, 0) is 44.7 Å². The van der Waals surface area contributed by atoms with Crippen LogP contribution < -0.4 is 4.74 Å². The van der Waals surface area contributed by atoms with Crippen molar-refractivity contribution < 1.29 is 14.3 Å². The molecule has 1 aliphatic carbocycles. The molecule has 0 spiro atoms. The molecule has 1 unspecified atom stereocenters. The SMILES string of the molecule is COc1ccc2nnc(C3[C@H]4CN(C(=O)OC(C)(C)C)C[C@@H]34)n2c1. The lowest BCUT2D eigenvalue weighted by Gasteiger charge is -2.25. The van der Waals surface area contributed by atoms with E-state index in [4.69, 9.17) is 9.47 Å². The average molecular weight is 330 g/mol. The summed E-state index contributed by atoms with van der Waals surface area (Å²) < 4.78 is 12.7. The van der Waals surface area contributed by atoms with Crippen molar-refractivity contribution in [3.05, 3.63) is 24.2 Å². The number of amides is 1. The Morgan fingerprint density at radius 2 is 1.92 bits per heavy atom. The van der Waals surface area contributed by atoms with Gasteiger partial charge in [-0.3, -0.25) is 4.40 Å². The molecular weight excluding hydrogens is 308 g/mol. The highest BCUT2D eigenvalue weighted by molar-refractivity contribution is 5.69. The summed E-state index contributed by atoms with van der Waals surface area (Å²) in [7, 11) is 1.65. The average Bonchev–Trinajstić information content (AvgIpc) is 2.91. The van der Waals surface area contributed by atoms with E-state index in [0.717, 1.165) is 30.3 Å². The maximum Gasteiger partial charge on any atom is 0.410 e. The Morgan fingerprint density at radius 1 is 1.21 bits per heavy atom. The number of hydrogen-bond acceptors (Lipinski definition) is 5. The Balaban J connectivity index is 1.48. The summed E-state index contributed by atoms with van der Waals surface area (Å²) in [5.74, 6) is 2.98. The highest BCUT2D eigenvalue weighted by atomic mass is 16.6. The minimum absolute atomic E-state index is 0.221. The van der Waals surface area contributed by atoms with Crippen LogP contribution in [0.5, 0.6) is 5.75 Å². The van der Waals surface area contributed by atoms with E-state index in [1.807, 2.05) is 43.5 Å². The highest BCUT2D eigenvalue weighted by Crippen LogP contribution is 2.57. The summed E-state index contributed by atoms with van der Waals surface area (Å²) in [6, 6.07) is 3.78. The third kappa shape index (κ3) is 2.48. The van der Waals surface area contributed by atoms with Crippen LogP contribution in [-0.4, -0.2) is 51.4 Å². The van der Waals surface area contributed by atoms with Gasteiger partial charge >= 0.3 is 6.09 Å². The quantitative estimate of drug-likeness (QED) is 0.845. The number of methoxy groups -OCH3 is 1. The smallest absolute Gasteiger partial charge is 0.410 e. The Hall–Kier alpha value is -2.31. The molecular formula is C17H22N4O3. The van der Waals surface area contributed by atoms with Crippen molar-refractivity contribution in [3.8, 4) is 5.75 Å². The molecule has 2 aromatic rings. The van der Waals surface area contributed by atoms with E-state index in [1.165, 1.54) is 0 Å². The number of aromatic nitrogens is 3. The molecule has 3 heterocycles. The first-order chi connectivity index (χ1) is 11.4. The summed E-state index contributed by atoms with van der Waals surface area (Å²) in [5.41, 5.74) is 0.364. The Morgan fingerprint density at radius 3 is 2.54 bits per heavy atom. The minimum atomic E-state index is -0.455. The fourth-order valence-electron chi connectivity index (χ4n) is 3.62. The van der Waals surface area contributed by atoms with Crippen LogP contribution in [-0.2, 0) is 4.74 Å². The lowest BCUT2D eigenvalue weighted by Crippen LogP contribution is -2.37. The molecule has 3 atom stereocenters. The normalized spacial score (nSPS) is 25.7. The van der Waals surface area contributed by atoms with Crippen molar-refractivity contribution in [1.82, 2.24) is 19.5 Å². The Labute approximate surface area is 140 Å². The summed E-state index contributed by atoms with van der Waals surface area (Å²) in [5, 5.41) is 8.60. The van der Waals surface area contributed by atoms with Crippen LogP contribution in [0.2, 0.25) is 0 Å². The van der Waals surface area contributed by atoms with Crippen molar-refractivity contribution in [2.45, 2.75) is 32.3 Å². The van der Waals surface area contributed by atoms with E-state index in [0.29, 0.717) is 17.8 Å². The van der Waals surface area contributed by atoms with Crippen molar-refractivity contribution >= 4 is 11.7 Å². The molecule has 0 bridgehead atoms. The van der Waals surface area contributed by atoms with E-state index in [2.05, 4.69) is 10.2 Å². The van der Waals surface area contributed by atoms with Gasteiger partial charge in [-0.25, -0.2) is 4.79 Å². The van der Waals surface area contributed by atoms with Crippen LogP contribution in [0, 0.1) is 11.8 Å². The van der Waals surface area contributed by atoms with Gasteiger partial charge in [0.1, 0.15) is 17.2 Å². The van der Waals surface area contributed by atoms with Crippen LogP contribution in [0.25, 0.3) is 5.65 Å². The number of likely N-dealkylation sites (tertiary alicyclic amines) is 1. The van der Waals surface area contributed by atoms with E-state index >= 15 is 0 Å². The molecule has 7 nitrogen and oxygen atoms in total. The first-order valence-corrected chi connectivity index (χ1v) is 8.24. The standard InChI is InChI=1S/C17H22N4O3/c1-17(2,3)24-16(22)20-8-11-12(9-20)14(11)15-19-18-13-6-5-10(23-4)7-21(13)15/h5-7,11-12,14H,8-9H2,1-4H3/t11-,12+,14?. The number of carbonyl (C=O) groups is 1. The molecule has 2 aromatic heterocycles. The second-order valence-corrected chi connectivity index (χ2v) is 7.59. The number of pyridine rings is 1. The molecule has 0 aromatic carbocycles. The van der Waals surface area contributed by atoms with E-state index in [9.17, 15) is 4.79 Å². The first kappa shape index (κ1) is 15.2. The van der Waals surface area contributed by atoms with Gasteiger partial charge in [0.05, 0.1) is 13.3 Å². The molecule has 128 valence electrons. The zero-order valence-electron chi connectivity index (χ0n) is 14.4. The zero-order valence-corrected chi connectivity index (χ0v) is 14.4. The van der Waals surface area contributed by atoms with Crippen molar-refractivity contribution in [3.63, 3.8) is 0 Å². The largest absolute Gasteiger partial charge is 0.495 e. The lowest BCUT2D eigenvalue weighted by atomic mass is 10.2. The molecule has 1 saturated carbocycles. The van der Waals surface area contributed by atoms with Gasteiger partial charge in [-0.15, -0.1) is 10.2 Å². The number of carbonyl (C=O) groups excluding carboxylic acids is 1. The van der Waals surface area contributed by atoms with Crippen LogP contribution in [0.1, 0.15) is 32.5 Å². The fraction of sp³-hybridized carbons (Fsp3) is 0.588. The van der Waals surface area contributed by atoms with E-state index < -0.39 is 5.60 Å². The lowest BCUT2D eigenvalue weighted by molar-refractivity contribution is 0.0270. The molecule has 2 aliphatic rings. The number of ether oxygens (including phenoxy) is 2. The third-order valence-electron chi connectivity index (χ3n) is 4.78. The fourth-order valence-corrected chi connectivity index (χ4v) is 3.62. The van der Waals surface area contributed by atoms with Gasteiger partial charge in [-0.2, -0.15) is 0 Å².